The number of hydrogen-bond acceptors (Lipinski definition) is 7. The molecule has 0 bridgehead atoms. The van der Waals surface area contributed by atoms with Crippen LogP contribution in [0.5, 0.6) is 0 Å². The molecule has 0 N–H and O–H groups in total. The maximum atomic E-state index is 6.45. The molecule has 0 aliphatic heterocycles. The first-order chi connectivity index (χ1) is 12.1. The van der Waals surface area contributed by atoms with Crippen molar-refractivity contribution in [2.75, 3.05) is 12.5 Å². The zero-order chi connectivity index (χ0) is 17.9. The second kappa shape index (κ2) is 7.68. The van der Waals surface area contributed by atoms with E-state index >= 15 is 0 Å². The van der Waals surface area contributed by atoms with Crippen molar-refractivity contribution in [1.82, 2.24) is 24.9 Å². The highest BCUT2D eigenvalue weighted by atomic mass is 35.5. The third kappa shape index (κ3) is 3.49. The summed E-state index contributed by atoms with van der Waals surface area (Å²) in [5, 5.41) is 1.82. The van der Waals surface area contributed by atoms with Crippen LogP contribution in [0.2, 0.25) is 5.15 Å². The van der Waals surface area contributed by atoms with Gasteiger partial charge in [-0.05, 0) is 37.6 Å². The molecule has 0 spiro atoms. The molecular formula is C17H16ClN5S2. The van der Waals surface area contributed by atoms with Crippen molar-refractivity contribution in [1.29, 1.82) is 0 Å². The number of hydrogen-bond donors (Lipinski definition) is 0. The van der Waals surface area contributed by atoms with Crippen molar-refractivity contribution in [2.45, 2.75) is 22.7 Å². The summed E-state index contributed by atoms with van der Waals surface area (Å²) in [5.41, 5.74) is 1.79. The van der Waals surface area contributed by atoms with Crippen LogP contribution in [-0.2, 0) is 5.41 Å². The fraction of sp³-hybridized carbons (Fsp3) is 0.235. The smallest absolute Gasteiger partial charge is 0.187 e. The SMILES string of the molecule is CSc1nccc(C(C)(c2ccnc(SC)n2)c2cccnc2Cl)n1. The van der Waals surface area contributed by atoms with Crippen LogP contribution >= 0.6 is 35.1 Å². The zero-order valence-electron chi connectivity index (χ0n) is 14.0. The summed E-state index contributed by atoms with van der Waals surface area (Å²) in [4.78, 5) is 22.2. The van der Waals surface area contributed by atoms with Gasteiger partial charge < -0.3 is 0 Å². The van der Waals surface area contributed by atoms with Crippen LogP contribution in [0.3, 0.4) is 0 Å². The van der Waals surface area contributed by atoms with Gasteiger partial charge in [0.1, 0.15) is 5.15 Å². The second-order valence-electron chi connectivity index (χ2n) is 5.32. The number of rotatable bonds is 5. The molecule has 128 valence electrons. The molecule has 0 atom stereocenters. The Morgan fingerprint density at radius 2 is 1.40 bits per heavy atom. The van der Waals surface area contributed by atoms with Crippen molar-refractivity contribution < 1.29 is 0 Å². The molecule has 3 aromatic rings. The average molecular weight is 390 g/mol. The van der Waals surface area contributed by atoms with E-state index in [1.165, 1.54) is 23.5 Å². The molecule has 3 rings (SSSR count). The molecule has 0 fully saturated rings. The fourth-order valence-electron chi connectivity index (χ4n) is 2.60. The van der Waals surface area contributed by atoms with Gasteiger partial charge in [-0.3, -0.25) is 0 Å². The molecule has 0 unspecified atom stereocenters. The molecule has 3 heterocycles. The maximum absolute atomic E-state index is 6.45. The van der Waals surface area contributed by atoms with E-state index in [2.05, 4.69) is 21.9 Å². The number of nitrogens with zero attached hydrogens (tertiary/aromatic N) is 5. The fourth-order valence-corrected chi connectivity index (χ4v) is 3.62. The topological polar surface area (TPSA) is 64.5 Å². The van der Waals surface area contributed by atoms with Crippen LogP contribution in [0.15, 0.2) is 53.2 Å². The predicted octanol–water partition coefficient (Wildman–Crippen LogP) is 4.11. The minimum absolute atomic E-state index is 0.429. The van der Waals surface area contributed by atoms with E-state index in [1.807, 2.05) is 36.8 Å². The molecule has 0 radical (unpaired) electrons. The molecule has 25 heavy (non-hydrogen) atoms. The largest absolute Gasteiger partial charge is 0.244 e. The van der Waals surface area contributed by atoms with Crippen LogP contribution in [0.1, 0.15) is 23.9 Å². The highest BCUT2D eigenvalue weighted by molar-refractivity contribution is 7.98. The number of halogens is 1. The standard InChI is InChI=1S/C17H16ClN5S2/c1-17(11-5-4-8-19-14(11)18,12-6-9-20-15(22-12)24-2)13-7-10-21-16(23-13)25-3/h4-10H,1-3H3. The van der Waals surface area contributed by atoms with Crippen molar-refractivity contribution in [2.24, 2.45) is 0 Å². The Kier molecular flexibility index (Phi) is 5.56. The van der Waals surface area contributed by atoms with Crippen LogP contribution in [-0.4, -0.2) is 37.4 Å². The molecule has 0 aromatic carbocycles. The lowest BCUT2D eigenvalue weighted by molar-refractivity contribution is 0.612. The third-order valence-electron chi connectivity index (χ3n) is 3.95. The monoisotopic (exact) mass is 389 g/mol. The molecule has 0 amide bonds. The third-order valence-corrected chi connectivity index (χ3v) is 5.38. The summed E-state index contributed by atoms with van der Waals surface area (Å²) >= 11 is 9.43. The second-order valence-corrected chi connectivity index (χ2v) is 7.23. The van der Waals surface area contributed by atoms with Crippen LogP contribution in [0.4, 0.5) is 0 Å². The van der Waals surface area contributed by atoms with Crippen molar-refractivity contribution >= 4 is 35.1 Å². The molecule has 0 aliphatic rings. The van der Waals surface area contributed by atoms with Crippen LogP contribution in [0.25, 0.3) is 0 Å². The van der Waals surface area contributed by atoms with Gasteiger partial charge in [-0.25, -0.2) is 24.9 Å². The van der Waals surface area contributed by atoms with Crippen molar-refractivity contribution in [3.63, 3.8) is 0 Å². The average Bonchev–Trinajstić information content (AvgIpc) is 2.68. The van der Waals surface area contributed by atoms with Crippen molar-refractivity contribution in [3.05, 3.63) is 65.0 Å². The van der Waals surface area contributed by atoms with E-state index in [-0.39, 0.29) is 0 Å². The first-order valence-electron chi connectivity index (χ1n) is 7.45. The number of aromatic nitrogens is 5. The van der Waals surface area contributed by atoms with E-state index in [0.717, 1.165) is 17.0 Å². The van der Waals surface area contributed by atoms with Gasteiger partial charge in [0.15, 0.2) is 10.3 Å². The van der Waals surface area contributed by atoms with Gasteiger partial charge in [0.2, 0.25) is 0 Å². The molecular weight excluding hydrogens is 374 g/mol. The highest BCUT2D eigenvalue weighted by Crippen LogP contribution is 2.40. The Bertz CT molecular complexity index is 843. The Morgan fingerprint density at radius 1 is 0.840 bits per heavy atom. The van der Waals surface area contributed by atoms with E-state index in [0.29, 0.717) is 15.5 Å². The van der Waals surface area contributed by atoms with Crippen LogP contribution in [0, 0.1) is 0 Å². The maximum Gasteiger partial charge on any atom is 0.187 e. The molecule has 0 saturated heterocycles. The highest BCUT2D eigenvalue weighted by Gasteiger charge is 2.37. The quantitative estimate of drug-likeness (QED) is 0.369. The minimum Gasteiger partial charge on any atom is -0.244 e. The lowest BCUT2D eigenvalue weighted by Gasteiger charge is -2.29. The zero-order valence-corrected chi connectivity index (χ0v) is 16.4. The number of thioether (sulfide) groups is 2. The Hall–Kier alpha value is -1.70. The first kappa shape index (κ1) is 18.1. The van der Waals surface area contributed by atoms with Gasteiger partial charge in [-0.1, -0.05) is 41.2 Å². The van der Waals surface area contributed by atoms with E-state index in [1.54, 1.807) is 18.6 Å². The van der Waals surface area contributed by atoms with E-state index < -0.39 is 5.41 Å². The first-order valence-corrected chi connectivity index (χ1v) is 10.3. The minimum atomic E-state index is -0.674. The Balaban J connectivity index is 2.29. The van der Waals surface area contributed by atoms with Crippen molar-refractivity contribution in [3.8, 4) is 0 Å². The lowest BCUT2D eigenvalue weighted by atomic mass is 9.77. The lowest BCUT2D eigenvalue weighted by Crippen LogP contribution is -2.29. The van der Waals surface area contributed by atoms with Gasteiger partial charge in [-0.2, -0.15) is 0 Å². The summed E-state index contributed by atoms with van der Waals surface area (Å²) in [6, 6.07) is 7.61. The molecule has 0 saturated carbocycles. The molecule has 3 aromatic heterocycles. The number of pyridine rings is 1. The molecule has 0 aliphatic carbocycles. The van der Waals surface area contributed by atoms with Gasteiger partial charge in [0, 0.05) is 24.2 Å². The van der Waals surface area contributed by atoms with Gasteiger partial charge in [0.05, 0.1) is 16.8 Å². The van der Waals surface area contributed by atoms with Gasteiger partial charge in [-0.15, -0.1) is 0 Å². The summed E-state index contributed by atoms with van der Waals surface area (Å²) in [6.45, 7) is 2.05. The Morgan fingerprint density at radius 3 is 1.88 bits per heavy atom. The normalized spacial score (nSPS) is 11.5. The molecule has 8 heteroatoms. The summed E-state index contributed by atoms with van der Waals surface area (Å²) in [6.07, 6.45) is 9.08. The van der Waals surface area contributed by atoms with E-state index in [9.17, 15) is 0 Å². The van der Waals surface area contributed by atoms with E-state index in [4.69, 9.17) is 21.6 Å². The summed E-state index contributed by atoms with van der Waals surface area (Å²) in [5.74, 6) is 0. The summed E-state index contributed by atoms with van der Waals surface area (Å²) < 4.78 is 0. The predicted molar refractivity (Wildman–Crippen MR) is 102 cm³/mol. The Labute approximate surface area is 160 Å². The van der Waals surface area contributed by atoms with Gasteiger partial charge >= 0.3 is 0 Å². The van der Waals surface area contributed by atoms with Crippen LogP contribution < -0.4 is 0 Å². The summed E-state index contributed by atoms with van der Waals surface area (Å²) in [7, 11) is 0. The molecule has 5 nitrogen and oxygen atoms in total. The van der Waals surface area contributed by atoms with Gasteiger partial charge in [0.25, 0.3) is 0 Å².